The average molecular weight is 283 g/mol. The lowest BCUT2D eigenvalue weighted by Gasteiger charge is -2.34. The van der Waals surface area contributed by atoms with Crippen molar-refractivity contribution in [1.29, 1.82) is 0 Å². The van der Waals surface area contributed by atoms with Crippen LogP contribution in [0.5, 0.6) is 0 Å². The van der Waals surface area contributed by atoms with Crippen LogP contribution in [0, 0.1) is 5.92 Å². The van der Waals surface area contributed by atoms with E-state index < -0.39 is 11.5 Å². The Morgan fingerprint density at radius 1 is 1.35 bits per heavy atom. The number of nitrogens with zero attached hydrogens (tertiary/aromatic N) is 2. The summed E-state index contributed by atoms with van der Waals surface area (Å²) in [6, 6.07) is 0.590. The van der Waals surface area contributed by atoms with Crippen LogP contribution in [0.2, 0.25) is 0 Å². The minimum absolute atomic E-state index is 0.303. The summed E-state index contributed by atoms with van der Waals surface area (Å²) in [7, 11) is 1.80. The summed E-state index contributed by atoms with van der Waals surface area (Å²) in [6.45, 7) is 9.22. The van der Waals surface area contributed by atoms with E-state index in [1.165, 1.54) is 0 Å². The van der Waals surface area contributed by atoms with Crippen LogP contribution in [0.1, 0.15) is 33.1 Å². The van der Waals surface area contributed by atoms with Gasteiger partial charge in [-0.3, -0.25) is 14.6 Å². The largest absolute Gasteiger partial charge is 0.480 e. The van der Waals surface area contributed by atoms with Gasteiger partial charge in [0.25, 0.3) is 0 Å². The predicted octanol–water partition coefficient (Wildman–Crippen LogP) is 0.855. The third-order valence-corrected chi connectivity index (χ3v) is 5.15. The molecule has 1 heterocycles. The summed E-state index contributed by atoms with van der Waals surface area (Å²) in [5.74, 6) is -0.383. The molecule has 5 heteroatoms. The topological polar surface area (TPSA) is 55.8 Å². The third-order valence-electron chi connectivity index (χ3n) is 5.15. The third kappa shape index (κ3) is 3.00. The molecule has 2 unspecified atom stereocenters. The van der Waals surface area contributed by atoms with Crippen molar-refractivity contribution in [2.45, 2.75) is 44.7 Å². The molecule has 0 radical (unpaired) electrons. The summed E-state index contributed by atoms with van der Waals surface area (Å²) >= 11 is 0. The van der Waals surface area contributed by atoms with Gasteiger partial charge in [-0.2, -0.15) is 0 Å². The second-order valence-electron chi connectivity index (χ2n) is 6.20. The number of carboxylic acid groups (broad SMARTS) is 1. The number of likely N-dealkylation sites (tertiary alicyclic amines) is 1. The van der Waals surface area contributed by atoms with E-state index in [0.29, 0.717) is 18.5 Å². The standard InChI is InChI=1S/C15H29N3O2/c1-4-18(5-2)13-8-9-17(10-13)11-15(16-3,14(19)20)12-6-7-12/h12-13,16H,4-11H2,1-3H3,(H,19,20). The number of nitrogens with one attached hydrogen (secondary N) is 1. The van der Waals surface area contributed by atoms with Crippen LogP contribution < -0.4 is 5.32 Å². The van der Waals surface area contributed by atoms with Gasteiger partial charge in [0, 0.05) is 19.1 Å². The van der Waals surface area contributed by atoms with Crippen LogP contribution in [0.4, 0.5) is 0 Å². The first kappa shape index (κ1) is 15.7. The highest BCUT2D eigenvalue weighted by Crippen LogP contribution is 2.40. The maximum atomic E-state index is 11.7. The molecule has 1 aliphatic heterocycles. The lowest BCUT2D eigenvalue weighted by molar-refractivity contribution is -0.146. The SMILES string of the molecule is CCN(CC)C1CCN(CC(NC)(C(=O)O)C2CC2)C1. The van der Waals surface area contributed by atoms with Gasteiger partial charge in [-0.25, -0.2) is 0 Å². The number of rotatable bonds is 8. The molecule has 0 spiro atoms. The fourth-order valence-corrected chi connectivity index (χ4v) is 3.68. The second kappa shape index (κ2) is 6.41. The van der Waals surface area contributed by atoms with E-state index >= 15 is 0 Å². The van der Waals surface area contributed by atoms with Crippen LogP contribution in [0.3, 0.4) is 0 Å². The number of hydrogen-bond donors (Lipinski definition) is 2. The quantitative estimate of drug-likeness (QED) is 0.692. The van der Waals surface area contributed by atoms with Crippen LogP contribution in [0.25, 0.3) is 0 Å². The van der Waals surface area contributed by atoms with E-state index in [2.05, 4.69) is 29.0 Å². The average Bonchev–Trinajstić information content (AvgIpc) is 3.19. The van der Waals surface area contributed by atoms with Crippen LogP contribution >= 0.6 is 0 Å². The van der Waals surface area contributed by atoms with Gasteiger partial charge in [-0.15, -0.1) is 0 Å². The maximum absolute atomic E-state index is 11.7. The molecule has 20 heavy (non-hydrogen) atoms. The number of carboxylic acids is 1. The first-order valence-corrected chi connectivity index (χ1v) is 7.96. The molecule has 0 aromatic rings. The molecule has 2 aliphatic rings. The van der Waals surface area contributed by atoms with Crippen LogP contribution in [-0.4, -0.2) is 72.2 Å². The fraction of sp³-hybridized carbons (Fsp3) is 0.933. The lowest BCUT2D eigenvalue weighted by Crippen LogP contribution is -2.59. The minimum Gasteiger partial charge on any atom is -0.480 e. The molecule has 1 aliphatic carbocycles. The Kier molecular flexibility index (Phi) is 5.04. The van der Waals surface area contributed by atoms with Gasteiger partial charge in [-0.05, 0) is 51.9 Å². The van der Waals surface area contributed by atoms with E-state index in [9.17, 15) is 9.90 Å². The Hall–Kier alpha value is -0.650. The molecule has 5 nitrogen and oxygen atoms in total. The van der Waals surface area contributed by atoms with Crippen LogP contribution in [-0.2, 0) is 4.79 Å². The van der Waals surface area contributed by atoms with Crippen molar-refractivity contribution in [2.24, 2.45) is 5.92 Å². The van der Waals surface area contributed by atoms with Crippen LogP contribution in [0.15, 0.2) is 0 Å². The van der Waals surface area contributed by atoms with E-state index in [1.54, 1.807) is 7.05 Å². The van der Waals surface area contributed by atoms with Crippen molar-refractivity contribution < 1.29 is 9.90 Å². The monoisotopic (exact) mass is 283 g/mol. The summed E-state index contributed by atoms with van der Waals surface area (Å²) in [5, 5.41) is 12.8. The summed E-state index contributed by atoms with van der Waals surface area (Å²) in [5.41, 5.74) is -0.738. The van der Waals surface area contributed by atoms with E-state index in [4.69, 9.17) is 0 Å². The highest BCUT2D eigenvalue weighted by atomic mass is 16.4. The van der Waals surface area contributed by atoms with Gasteiger partial charge < -0.3 is 10.4 Å². The number of carbonyl (C=O) groups is 1. The van der Waals surface area contributed by atoms with Crippen molar-refractivity contribution in [2.75, 3.05) is 39.8 Å². The second-order valence-corrected chi connectivity index (χ2v) is 6.20. The normalized spacial score (nSPS) is 26.9. The Morgan fingerprint density at radius 3 is 2.45 bits per heavy atom. The predicted molar refractivity (Wildman–Crippen MR) is 79.9 cm³/mol. The van der Waals surface area contributed by atoms with E-state index in [-0.39, 0.29) is 0 Å². The number of hydrogen-bond acceptors (Lipinski definition) is 4. The zero-order chi connectivity index (χ0) is 14.8. The van der Waals surface area contributed by atoms with Gasteiger partial charge in [0.05, 0.1) is 0 Å². The van der Waals surface area contributed by atoms with E-state index in [0.717, 1.165) is 45.4 Å². The number of aliphatic carboxylic acids is 1. The zero-order valence-electron chi connectivity index (χ0n) is 13.1. The van der Waals surface area contributed by atoms with E-state index in [1.807, 2.05) is 0 Å². The molecule has 2 N–H and O–H groups in total. The van der Waals surface area contributed by atoms with Gasteiger partial charge in [-0.1, -0.05) is 13.8 Å². The summed E-state index contributed by atoms with van der Waals surface area (Å²) < 4.78 is 0. The Labute approximate surface area is 122 Å². The first-order valence-electron chi connectivity index (χ1n) is 7.96. The summed E-state index contributed by atoms with van der Waals surface area (Å²) in [4.78, 5) is 16.6. The van der Waals surface area contributed by atoms with Crippen molar-refractivity contribution in [3.8, 4) is 0 Å². The van der Waals surface area contributed by atoms with Gasteiger partial charge in [0.15, 0.2) is 0 Å². The fourth-order valence-electron chi connectivity index (χ4n) is 3.68. The zero-order valence-corrected chi connectivity index (χ0v) is 13.1. The number of likely N-dealkylation sites (N-methyl/N-ethyl adjacent to an activating group) is 2. The smallest absolute Gasteiger partial charge is 0.325 e. The van der Waals surface area contributed by atoms with Gasteiger partial charge in [0.2, 0.25) is 0 Å². The van der Waals surface area contributed by atoms with Gasteiger partial charge in [0.1, 0.15) is 5.54 Å². The van der Waals surface area contributed by atoms with Crippen molar-refractivity contribution in [3.63, 3.8) is 0 Å². The molecule has 2 fully saturated rings. The molecule has 1 saturated carbocycles. The molecule has 0 amide bonds. The molecule has 2 rings (SSSR count). The van der Waals surface area contributed by atoms with Crippen molar-refractivity contribution in [1.82, 2.24) is 15.1 Å². The first-order chi connectivity index (χ1) is 9.57. The molecule has 0 bridgehead atoms. The Balaban J connectivity index is 1.97. The van der Waals surface area contributed by atoms with Crippen molar-refractivity contribution in [3.05, 3.63) is 0 Å². The molecular weight excluding hydrogens is 254 g/mol. The van der Waals surface area contributed by atoms with Gasteiger partial charge >= 0.3 is 5.97 Å². The Bertz CT molecular complexity index is 342. The highest BCUT2D eigenvalue weighted by molar-refractivity contribution is 5.80. The molecule has 1 saturated heterocycles. The molecular formula is C15H29N3O2. The minimum atomic E-state index is -0.738. The molecule has 2 atom stereocenters. The summed E-state index contributed by atoms with van der Waals surface area (Å²) in [6.07, 6.45) is 3.24. The molecule has 0 aromatic heterocycles. The Morgan fingerprint density at radius 2 is 2.00 bits per heavy atom. The maximum Gasteiger partial charge on any atom is 0.325 e. The lowest BCUT2D eigenvalue weighted by atomic mass is 9.92. The van der Waals surface area contributed by atoms with Crippen molar-refractivity contribution >= 4 is 5.97 Å². The highest BCUT2D eigenvalue weighted by Gasteiger charge is 2.51. The molecule has 0 aromatic carbocycles. The molecule has 116 valence electrons.